The van der Waals surface area contributed by atoms with Crippen LogP contribution in [0.15, 0.2) is 67.3 Å². The summed E-state index contributed by atoms with van der Waals surface area (Å²) in [5.74, 6) is -1.47. The second kappa shape index (κ2) is 6.57. The average Bonchev–Trinajstić information content (AvgIpc) is 2.39. The second-order valence-electron chi connectivity index (χ2n) is 3.86. The van der Waals surface area contributed by atoms with Crippen LogP contribution in [0.2, 0.25) is 0 Å². The third-order valence-electron chi connectivity index (χ3n) is 2.71. The van der Waals surface area contributed by atoms with Crippen LogP contribution < -0.4 is 5.73 Å². The number of rotatable bonds is 6. The zero-order valence-electron chi connectivity index (χ0n) is 10.1. The number of benzene rings is 1. The molecule has 0 aromatic heterocycles. The molecule has 2 unspecified atom stereocenters. The van der Waals surface area contributed by atoms with Gasteiger partial charge in [-0.05, 0) is 11.1 Å². The first kappa shape index (κ1) is 13.9. The molecule has 0 aliphatic rings. The smallest absolute Gasteiger partial charge is 0.321 e. The Morgan fingerprint density at radius 1 is 1.28 bits per heavy atom. The van der Waals surface area contributed by atoms with Gasteiger partial charge in [0.2, 0.25) is 0 Å². The Hall–Kier alpha value is -2.13. The Morgan fingerprint density at radius 3 is 2.33 bits per heavy atom. The summed E-state index contributed by atoms with van der Waals surface area (Å²) < 4.78 is 0. The van der Waals surface area contributed by atoms with Gasteiger partial charge in [-0.15, -0.1) is 0 Å². The number of allylic oxidation sites excluding steroid dienone is 3. The van der Waals surface area contributed by atoms with E-state index in [4.69, 9.17) is 10.8 Å². The molecule has 3 N–H and O–H groups in total. The topological polar surface area (TPSA) is 63.3 Å². The monoisotopic (exact) mass is 243 g/mol. The Morgan fingerprint density at radius 2 is 1.89 bits per heavy atom. The number of carboxylic acids is 1. The summed E-state index contributed by atoms with van der Waals surface area (Å²) in [7, 11) is 0. The lowest BCUT2D eigenvalue weighted by molar-refractivity contribution is -0.138. The molecule has 3 nitrogen and oxygen atoms in total. The van der Waals surface area contributed by atoms with Gasteiger partial charge in [0.15, 0.2) is 0 Å². The van der Waals surface area contributed by atoms with E-state index >= 15 is 0 Å². The Labute approximate surface area is 107 Å². The van der Waals surface area contributed by atoms with Crippen LogP contribution in [-0.2, 0) is 4.79 Å². The second-order valence-corrected chi connectivity index (χ2v) is 3.86. The zero-order chi connectivity index (χ0) is 13.5. The predicted molar refractivity (Wildman–Crippen MR) is 73.3 cm³/mol. The van der Waals surface area contributed by atoms with Gasteiger partial charge < -0.3 is 10.8 Å². The molecule has 18 heavy (non-hydrogen) atoms. The maximum absolute atomic E-state index is 11.1. The molecule has 2 atom stereocenters. The van der Waals surface area contributed by atoms with Crippen molar-refractivity contribution in [3.05, 3.63) is 72.9 Å². The maximum Gasteiger partial charge on any atom is 0.321 e. The lowest BCUT2D eigenvalue weighted by Gasteiger charge is -2.22. The minimum absolute atomic E-state index is 0.431. The van der Waals surface area contributed by atoms with Crippen LogP contribution >= 0.6 is 0 Å². The summed E-state index contributed by atoms with van der Waals surface area (Å²) >= 11 is 0. The highest BCUT2D eigenvalue weighted by atomic mass is 16.4. The minimum Gasteiger partial charge on any atom is -0.480 e. The van der Waals surface area contributed by atoms with Crippen molar-refractivity contribution >= 4 is 5.97 Å². The van der Waals surface area contributed by atoms with Crippen LogP contribution in [0.3, 0.4) is 0 Å². The molecule has 1 rings (SSSR count). The summed E-state index contributed by atoms with van der Waals surface area (Å²) in [6.45, 7) is 7.32. The number of aliphatic carboxylic acids is 1. The molecule has 3 heteroatoms. The molecule has 0 fully saturated rings. The van der Waals surface area contributed by atoms with Gasteiger partial charge in [0.1, 0.15) is 6.04 Å². The molecule has 0 spiro atoms. The Balaban J connectivity index is 3.26. The molecule has 0 bridgehead atoms. The molecule has 0 aliphatic carbocycles. The standard InChI is InChI=1S/C15H17NO2/c1-3-8-11(4-2)13(14(16)15(17)18)12-9-6-5-7-10-12/h3-10,13-14H,1-2,16H2,(H,17,18)/b11-8+. The molecule has 0 radical (unpaired) electrons. The fourth-order valence-electron chi connectivity index (χ4n) is 1.84. The number of nitrogens with two attached hydrogens (primary N) is 1. The quantitative estimate of drug-likeness (QED) is 0.754. The van der Waals surface area contributed by atoms with Crippen molar-refractivity contribution in [3.8, 4) is 0 Å². The third kappa shape index (κ3) is 3.18. The molecule has 0 aliphatic heterocycles. The predicted octanol–water partition coefficient (Wildman–Crippen LogP) is 2.48. The Bertz CT molecular complexity index is 463. The molecule has 1 aromatic rings. The zero-order valence-corrected chi connectivity index (χ0v) is 10.1. The van der Waals surface area contributed by atoms with Crippen molar-refractivity contribution in [1.82, 2.24) is 0 Å². The van der Waals surface area contributed by atoms with Gasteiger partial charge in [0.25, 0.3) is 0 Å². The highest BCUT2D eigenvalue weighted by molar-refractivity contribution is 5.76. The third-order valence-corrected chi connectivity index (χ3v) is 2.71. The summed E-state index contributed by atoms with van der Waals surface area (Å²) in [5, 5.41) is 9.11. The van der Waals surface area contributed by atoms with Crippen LogP contribution in [0.4, 0.5) is 0 Å². The van der Waals surface area contributed by atoms with Crippen LogP contribution in [0, 0.1) is 0 Å². The summed E-state index contributed by atoms with van der Waals surface area (Å²) in [6, 6.07) is 8.27. The fourth-order valence-corrected chi connectivity index (χ4v) is 1.84. The van der Waals surface area contributed by atoms with Gasteiger partial charge in [0, 0.05) is 5.92 Å². The molecular formula is C15H17NO2. The van der Waals surface area contributed by atoms with Crippen molar-refractivity contribution < 1.29 is 9.90 Å². The molecule has 1 aromatic carbocycles. The van der Waals surface area contributed by atoms with Crippen molar-refractivity contribution in [2.24, 2.45) is 5.73 Å². The minimum atomic E-state index is -1.04. The molecule has 0 saturated heterocycles. The Kier molecular flexibility index (Phi) is 5.08. The first-order valence-corrected chi connectivity index (χ1v) is 5.60. The van der Waals surface area contributed by atoms with Gasteiger partial charge in [-0.3, -0.25) is 4.79 Å². The SMILES string of the molecule is C=C/C=C(\C=C)C(c1ccccc1)C(N)C(=O)O. The lowest BCUT2D eigenvalue weighted by atomic mass is 9.85. The van der Waals surface area contributed by atoms with E-state index in [9.17, 15) is 4.79 Å². The largest absolute Gasteiger partial charge is 0.480 e. The highest BCUT2D eigenvalue weighted by Gasteiger charge is 2.27. The van der Waals surface area contributed by atoms with Gasteiger partial charge >= 0.3 is 5.97 Å². The van der Waals surface area contributed by atoms with Crippen LogP contribution in [0.1, 0.15) is 11.5 Å². The number of hydrogen-bond acceptors (Lipinski definition) is 2. The maximum atomic E-state index is 11.1. The highest BCUT2D eigenvalue weighted by Crippen LogP contribution is 2.28. The number of carbonyl (C=O) groups is 1. The van der Waals surface area contributed by atoms with E-state index < -0.39 is 17.9 Å². The summed E-state index contributed by atoms with van der Waals surface area (Å²) in [6.07, 6.45) is 4.94. The van der Waals surface area contributed by atoms with E-state index in [1.54, 1.807) is 18.2 Å². The van der Waals surface area contributed by atoms with Crippen molar-refractivity contribution in [1.29, 1.82) is 0 Å². The van der Waals surface area contributed by atoms with E-state index in [0.717, 1.165) is 11.1 Å². The van der Waals surface area contributed by atoms with E-state index in [2.05, 4.69) is 13.2 Å². The van der Waals surface area contributed by atoms with E-state index in [-0.39, 0.29) is 0 Å². The fraction of sp³-hybridized carbons (Fsp3) is 0.133. The molecular weight excluding hydrogens is 226 g/mol. The normalized spacial score (nSPS) is 14.6. The molecule has 0 saturated carbocycles. The van der Waals surface area contributed by atoms with E-state index in [0.29, 0.717) is 0 Å². The van der Waals surface area contributed by atoms with E-state index in [1.165, 1.54) is 0 Å². The average molecular weight is 243 g/mol. The lowest BCUT2D eigenvalue weighted by Crippen LogP contribution is -2.37. The van der Waals surface area contributed by atoms with Gasteiger partial charge in [-0.25, -0.2) is 0 Å². The van der Waals surface area contributed by atoms with Crippen molar-refractivity contribution in [2.75, 3.05) is 0 Å². The van der Waals surface area contributed by atoms with Crippen molar-refractivity contribution in [2.45, 2.75) is 12.0 Å². The first-order valence-electron chi connectivity index (χ1n) is 5.60. The van der Waals surface area contributed by atoms with Crippen LogP contribution in [-0.4, -0.2) is 17.1 Å². The number of carboxylic acid groups (broad SMARTS) is 1. The van der Waals surface area contributed by atoms with E-state index in [1.807, 2.05) is 30.3 Å². The first-order chi connectivity index (χ1) is 8.61. The molecule has 94 valence electrons. The summed E-state index contributed by atoms with van der Waals surface area (Å²) in [4.78, 5) is 11.1. The summed E-state index contributed by atoms with van der Waals surface area (Å²) in [5.41, 5.74) is 7.37. The van der Waals surface area contributed by atoms with Gasteiger partial charge in [-0.1, -0.05) is 61.7 Å². The number of hydrogen-bond donors (Lipinski definition) is 2. The molecule has 0 amide bonds. The van der Waals surface area contributed by atoms with Crippen LogP contribution in [0.5, 0.6) is 0 Å². The van der Waals surface area contributed by atoms with Crippen LogP contribution in [0.25, 0.3) is 0 Å². The van der Waals surface area contributed by atoms with Crippen molar-refractivity contribution in [3.63, 3.8) is 0 Å². The van der Waals surface area contributed by atoms with Gasteiger partial charge in [0.05, 0.1) is 0 Å². The van der Waals surface area contributed by atoms with Gasteiger partial charge in [-0.2, -0.15) is 0 Å². The molecule has 0 heterocycles.